The van der Waals surface area contributed by atoms with Gasteiger partial charge in [-0.2, -0.15) is 0 Å². The second kappa shape index (κ2) is 9.56. The zero-order valence-corrected chi connectivity index (χ0v) is 19.1. The Labute approximate surface area is 193 Å². The molecule has 2 aromatic carbocycles. The lowest BCUT2D eigenvalue weighted by Crippen LogP contribution is -2.39. The Morgan fingerprint density at radius 2 is 1.75 bits per heavy atom. The molecule has 1 aliphatic carbocycles. The number of carbonyl (C=O) groups is 2. The van der Waals surface area contributed by atoms with Gasteiger partial charge in [-0.05, 0) is 80.0 Å². The number of hydrogen-bond donors (Lipinski definition) is 1. The van der Waals surface area contributed by atoms with Crippen LogP contribution in [0.3, 0.4) is 0 Å². The molecule has 0 unspecified atom stereocenters. The fraction of sp³-hybridized carbons (Fsp3) is 0.375. The number of hydrogen-bond acceptors (Lipinski definition) is 5. The van der Waals surface area contributed by atoms with Gasteiger partial charge in [-0.3, -0.25) is 14.5 Å². The average molecular weight is 454 g/mol. The van der Waals surface area contributed by atoms with E-state index in [-0.39, 0.29) is 24.3 Å². The van der Waals surface area contributed by atoms with Crippen LogP contribution in [0.4, 0.5) is 11.4 Å². The minimum atomic E-state index is -0.607. The number of anilines is 2. The summed E-state index contributed by atoms with van der Waals surface area (Å²) in [5, 5.41) is 3.34. The number of benzene rings is 2. The molecule has 0 bridgehead atoms. The molecule has 0 aromatic heterocycles. The Morgan fingerprint density at radius 1 is 1.09 bits per heavy atom. The molecule has 0 spiro atoms. The van der Waals surface area contributed by atoms with E-state index in [0.29, 0.717) is 28.8 Å². The standard InChI is InChI=1S/C24H27N3O4S/c1-3-14-31-20-10-4-16(5-11-20)25-22(28)15-21-23(29)27(24(32)26(21)17-6-7-17)18-8-12-19(30-2)13-9-18/h4-5,8-13,17,21H,3,6-7,14-15H2,1-2H3,(H,25,28)/t21-/m1/s1. The van der Waals surface area contributed by atoms with Gasteiger partial charge in [0, 0.05) is 11.7 Å². The van der Waals surface area contributed by atoms with E-state index in [9.17, 15) is 9.59 Å². The number of nitrogens with one attached hydrogen (secondary N) is 1. The van der Waals surface area contributed by atoms with Crippen molar-refractivity contribution in [3.63, 3.8) is 0 Å². The van der Waals surface area contributed by atoms with Gasteiger partial charge in [-0.15, -0.1) is 0 Å². The van der Waals surface area contributed by atoms with Gasteiger partial charge in [0.05, 0.1) is 25.8 Å². The molecule has 1 heterocycles. The van der Waals surface area contributed by atoms with Crippen LogP contribution in [0.2, 0.25) is 0 Å². The van der Waals surface area contributed by atoms with Crippen molar-refractivity contribution < 1.29 is 19.1 Å². The highest BCUT2D eigenvalue weighted by atomic mass is 32.1. The molecule has 7 nitrogen and oxygen atoms in total. The minimum Gasteiger partial charge on any atom is -0.497 e. The topological polar surface area (TPSA) is 71.1 Å². The Balaban J connectivity index is 1.46. The highest BCUT2D eigenvalue weighted by Crippen LogP contribution is 2.37. The lowest BCUT2D eigenvalue weighted by molar-refractivity contribution is -0.124. The molecule has 2 aliphatic rings. The van der Waals surface area contributed by atoms with Crippen molar-refractivity contribution in [3.8, 4) is 11.5 Å². The van der Waals surface area contributed by atoms with E-state index in [1.54, 1.807) is 43.5 Å². The molecular weight excluding hydrogens is 426 g/mol. The van der Waals surface area contributed by atoms with Crippen molar-refractivity contribution in [2.24, 2.45) is 0 Å². The molecule has 2 fully saturated rings. The minimum absolute atomic E-state index is 0.0379. The molecule has 1 saturated heterocycles. The zero-order valence-electron chi connectivity index (χ0n) is 18.2. The molecular formula is C24H27N3O4S. The summed E-state index contributed by atoms with van der Waals surface area (Å²) in [5.74, 6) is 1.06. The first-order valence-corrected chi connectivity index (χ1v) is 11.3. The maximum absolute atomic E-state index is 13.3. The average Bonchev–Trinajstić information content (AvgIpc) is 3.60. The van der Waals surface area contributed by atoms with Crippen LogP contribution < -0.4 is 19.7 Å². The fourth-order valence-electron chi connectivity index (χ4n) is 3.77. The van der Waals surface area contributed by atoms with E-state index < -0.39 is 6.04 Å². The van der Waals surface area contributed by atoms with E-state index in [0.717, 1.165) is 25.0 Å². The first kappa shape index (κ1) is 22.1. The molecule has 2 amide bonds. The lowest BCUT2D eigenvalue weighted by Gasteiger charge is -2.23. The van der Waals surface area contributed by atoms with Gasteiger partial charge in [0.15, 0.2) is 5.11 Å². The molecule has 1 aliphatic heterocycles. The summed E-state index contributed by atoms with van der Waals surface area (Å²) < 4.78 is 10.8. The molecule has 2 aromatic rings. The summed E-state index contributed by atoms with van der Waals surface area (Å²) in [6.07, 6.45) is 2.92. The van der Waals surface area contributed by atoms with E-state index in [1.807, 2.05) is 24.0 Å². The van der Waals surface area contributed by atoms with Gasteiger partial charge in [0.25, 0.3) is 5.91 Å². The molecule has 0 radical (unpaired) electrons. The highest BCUT2D eigenvalue weighted by Gasteiger charge is 2.49. The molecule has 1 saturated carbocycles. The van der Waals surface area contributed by atoms with Crippen molar-refractivity contribution in [1.29, 1.82) is 0 Å². The van der Waals surface area contributed by atoms with Crippen molar-refractivity contribution in [2.45, 2.75) is 44.7 Å². The molecule has 8 heteroatoms. The maximum Gasteiger partial charge on any atom is 0.256 e. The van der Waals surface area contributed by atoms with E-state index >= 15 is 0 Å². The maximum atomic E-state index is 13.3. The summed E-state index contributed by atoms with van der Waals surface area (Å²) in [4.78, 5) is 29.6. The van der Waals surface area contributed by atoms with Crippen molar-refractivity contribution >= 4 is 40.5 Å². The van der Waals surface area contributed by atoms with Crippen LogP contribution in [0, 0.1) is 0 Å². The predicted octanol–water partition coefficient (Wildman–Crippen LogP) is 3.98. The monoisotopic (exact) mass is 453 g/mol. The molecule has 168 valence electrons. The van der Waals surface area contributed by atoms with Crippen LogP contribution >= 0.6 is 12.2 Å². The second-order valence-corrected chi connectivity index (χ2v) is 8.30. The first-order chi connectivity index (χ1) is 15.5. The van der Waals surface area contributed by atoms with Crippen molar-refractivity contribution in [2.75, 3.05) is 23.9 Å². The van der Waals surface area contributed by atoms with Crippen LogP contribution in [0.1, 0.15) is 32.6 Å². The number of methoxy groups -OCH3 is 1. The largest absolute Gasteiger partial charge is 0.497 e. The quantitative estimate of drug-likeness (QED) is 0.579. The van der Waals surface area contributed by atoms with Gasteiger partial charge in [0.1, 0.15) is 17.5 Å². The molecule has 1 atom stereocenters. The van der Waals surface area contributed by atoms with Crippen LogP contribution in [-0.4, -0.2) is 47.6 Å². The Morgan fingerprint density at radius 3 is 2.34 bits per heavy atom. The van der Waals surface area contributed by atoms with Gasteiger partial charge in [-0.1, -0.05) is 6.92 Å². The number of carbonyl (C=O) groups excluding carboxylic acids is 2. The third-order valence-corrected chi connectivity index (χ3v) is 5.91. The van der Waals surface area contributed by atoms with Crippen molar-refractivity contribution in [1.82, 2.24) is 4.90 Å². The van der Waals surface area contributed by atoms with Gasteiger partial charge < -0.3 is 19.7 Å². The number of amides is 2. The summed E-state index contributed by atoms with van der Waals surface area (Å²) in [6.45, 7) is 2.70. The molecule has 1 N–H and O–H groups in total. The Hall–Kier alpha value is -3.13. The number of rotatable bonds is 9. The van der Waals surface area contributed by atoms with Crippen molar-refractivity contribution in [3.05, 3.63) is 48.5 Å². The fourth-order valence-corrected chi connectivity index (χ4v) is 4.24. The van der Waals surface area contributed by atoms with Gasteiger partial charge >= 0.3 is 0 Å². The number of nitrogens with zero attached hydrogens (tertiary/aromatic N) is 2. The Bertz CT molecular complexity index is 989. The molecule has 4 rings (SSSR count). The van der Waals surface area contributed by atoms with Gasteiger partial charge in [0.2, 0.25) is 5.91 Å². The summed E-state index contributed by atoms with van der Waals surface area (Å²) in [5.41, 5.74) is 1.34. The van der Waals surface area contributed by atoms with E-state index in [1.165, 1.54) is 4.90 Å². The predicted molar refractivity (Wildman–Crippen MR) is 127 cm³/mol. The summed E-state index contributed by atoms with van der Waals surface area (Å²) in [6, 6.07) is 14.0. The SMILES string of the molecule is CCCOc1ccc(NC(=O)C[C@@H]2C(=O)N(c3ccc(OC)cc3)C(=S)N2C2CC2)cc1. The molecule has 32 heavy (non-hydrogen) atoms. The van der Waals surface area contributed by atoms with E-state index in [4.69, 9.17) is 21.7 Å². The van der Waals surface area contributed by atoms with Crippen LogP contribution in [0.5, 0.6) is 11.5 Å². The normalized spacial score (nSPS) is 18.1. The smallest absolute Gasteiger partial charge is 0.256 e. The lowest BCUT2D eigenvalue weighted by atomic mass is 10.1. The van der Waals surface area contributed by atoms with Crippen LogP contribution in [-0.2, 0) is 9.59 Å². The van der Waals surface area contributed by atoms with Gasteiger partial charge in [-0.25, -0.2) is 0 Å². The van der Waals surface area contributed by atoms with E-state index in [2.05, 4.69) is 5.32 Å². The highest BCUT2D eigenvalue weighted by molar-refractivity contribution is 7.80. The Kier molecular flexibility index (Phi) is 6.60. The van der Waals surface area contributed by atoms with Crippen LogP contribution in [0.25, 0.3) is 0 Å². The summed E-state index contributed by atoms with van der Waals surface area (Å²) >= 11 is 5.66. The summed E-state index contributed by atoms with van der Waals surface area (Å²) in [7, 11) is 1.59. The first-order valence-electron chi connectivity index (χ1n) is 10.8. The number of ether oxygens (including phenoxy) is 2. The third kappa shape index (κ3) is 4.70. The number of thiocarbonyl (C=S) groups is 1. The third-order valence-electron chi connectivity index (χ3n) is 5.51. The van der Waals surface area contributed by atoms with Crippen LogP contribution in [0.15, 0.2) is 48.5 Å². The zero-order chi connectivity index (χ0) is 22.7. The second-order valence-electron chi connectivity index (χ2n) is 7.93.